The van der Waals surface area contributed by atoms with Crippen LogP contribution in [0.1, 0.15) is 51.9 Å². The maximum absolute atomic E-state index is 2.47. The molecule has 0 radical (unpaired) electrons. The molecule has 0 aromatic carbocycles. The number of nitrogens with zero attached hydrogens (tertiary/aromatic N) is 1. The number of rotatable bonds is 6. The van der Waals surface area contributed by atoms with Gasteiger partial charge >= 0.3 is 0 Å². The van der Waals surface area contributed by atoms with Crippen molar-refractivity contribution >= 4 is 0 Å². The van der Waals surface area contributed by atoms with Crippen molar-refractivity contribution in [2.75, 3.05) is 20.1 Å². The molecule has 1 aliphatic rings. The normalized spacial score (nSPS) is 24.0. The van der Waals surface area contributed by atoms with Crippen molar-refractivity contribution in [2.24, 2.45) is 5.92 Å². The maximum atomic E-state index is 2.47. The van der Waals surface area contributed by atoms with Crippen molar-refractivity contribution in [3.8, 4) is 0 Å². The lowest BCUT2D eigenvalue weighted by Gasteiger charge is -2.09. The van der Waals surface area contributed by atoms with Crippen LogP contribution in [0.2, 0.25) is 0 Å². The predicted octanol–water partition coefficient (Wildman–Crippen LogP) is 3.30. The molecule has 1 heteroatoms. The SMILES string of the molecule is CCCCCCCC1CCN(C)C1. The largest absolute Gasteiger partial charge is 0.306 e. The molecule has 0 aliphatic carbocycles. The third kappa shape index (κ3) is 4.66. The van der Waals surface area contributed by atoms with E-state index < -0.39 is 0 Å². The monoisotopic (exact) mass is 183 g/mol. The molecule has 0 N–H and O–H groups in total. The molecule has 0 bridgehead atoms. The summed E-state index contributed by atoms with van der Waals surface area (Å²) in [4.78, 5) is 2.47. The molecular formula is C12H25N. The van der Waals surface area contributed by atoms with Crippen molar-refractivity contribution in [2.45, 2.75) is 51.9 Å². The Morgan fingerprint density at radius 2 is 1.92 bits per heavy atom. The summed E-state index contributed by atoms with van der Waals surface area (Å²) in [5, 5.41) is 0. The second-order valence-corrected chi connectivity index (χ2v) is 4.62. The van der Waals surface area contributed by atoms with Gasteiger partial charge in [0.25, 0.3) is 0 Å². The Labute approximate surface area is 83.5 Å². The Hall–Kier alpha value is -0.0400. The summed E-state index contributed by atoms with van der Waals surface area (Å²) in [7, 11) is 2.25. The zero-order valence-electron chi connectivity index (χ0n) is 9.39. The fourth-order valence-electron chi connectivity index (χ4n) is 2.30. The van der Waals surface area contributed by atoms with Gasteiger partial charge in [0.05, 0.1) is 0 Å². The first-order valence-corrected chi connectivity index (χ1v) is 6.01. The zero-order valence-corrected chi connectivity index (χ0v) is 9.39. The highest BCUT2D eigenvalue weighted by Crippen LogP contribution is 2.20. The molecule has 1 aliphatic heterocycles. The van der Waals surface area contributed by atoms with E-state index in [0.717, 1.165) is 5.92 Å². The first kappa shape index (κ1) is 11.0. The lowest BCUT2D eigenvalue weighted by Crippen LogP contribution is -2.13. The topological polar surface area (TPSA) is 3.24 Å². The van der Waals surface area contributed by atoms with Gasteiger partial charge in [-0.15, -0.1) is 0 Å². The van der Waals surface area contributed by atoms with Gasteiger partial charge in [0.15, 0.2) is 0 Å². The number of unbranched alkanes of at least 4 members (excludes halogenated alkanes) is 4. The highest BCUT2D eigenvalue weighted by atomic mass is 15.1. The van der Waals surface area contributed by atoms with E-state index in [1.165, 1.54) is 58.0 Å². The Morgan fingerprint density at radius 1 is 1.15 bits per heavy atom. The van der Waals surface area contributed by atoms with Crippen LogP contribution < -0.4 is 0 Å². The molecule has 1 heterocycles. The van der Waals surface area contributed by atoms with Gasteiger partial charge in [-0.05, 0) is 32.4 Å². The summed E-state index contributed by atoms with van der Waals surface area (Å²) >= 11 is 0. The molecule has 1 unspecified atom stereocenters. The van der Waals surface area contributed by atoms with Crippen molar-refractivity contribution < 1.29 is 0 Å². The first-order valence-electron chi connectivity index (χ1n) is 6.01. The quantitative estimate of drug-likeness (QED) is 0.571. The van der Waals surface area contributed by atoms with Crippen LogP contribution >= 0.6 is 0 Å². The standard InChI is InChI=1S/C12H25N/c1-3-4-5-6-7-8-12-9-10-13(2)11-12/h12H,3-11H2,1-2H3. The van der Waals surface area contributed by atoms with E-state index in [-0.39, 0.29) is 0 Å². The van der Waals surface area contributed by atoms with E-state index in [2.05, 4.69) is 18.9 Å². The Balaban J connectivity index is 1.88. The molecule has 78 valence electrons. The smallest absolute Gasteiger partial charge is 0.000708 e. The molecule has 13 heavy (non-hydrogen) atoms. The molecule has 1 atom stereocenters. The molecule has 0 saturated carbocycles. The van der Waals surface area contributed by atoms with Gasteiger partial charge in [0.1, 0.15) is 0 Å². The molecule has 1 fully saturated rings. The molecule has 0 spiro atoms. The first-order chi connectivity index (χ1) is 6.33. The molecule has 1 rings (SSSR count). The van der Waals surface area contributed by atoms with E-state index in [1.807, 2.05) is 0 Å². The molecule has 0 aromatic rings. The number of likely N-dealkylation sites (tertiary alicyclic amines) is 1. The van der Waals surface area contributed by atoms with Crippen molar-refractivity contribution in [1.82, 2.24) is 4.90 Å². The minimum atomic E-state index is 1.02. The highest BCUT2D eigenvalue weighted by Gasteiger charge is 2.18. The van der Waals surface area contributed by atoms with Crippen LogP contribution in [0.25, 0.3) is 0 Å². The minimum absolute atomic E-state index is 1.02. The van der Waals surface area contributed by atoms with E-state index >= 15 is 0 Å². The Kier molecular flexibility index (Phi) is 5.45. The predicted molar refractivity (Wildman–Crippen MR) is 59.0 cm³/mol. The van der Waals surface area contributed by atoms with Crippen LogP contribution in [0, 0.1) is 5.92 Å². The second kappa shape index (κ2) is 6.42. The summed E-state index contributed by atoms with van der Waals surface area (Å²) in [6.45, 7) is 4.97. The third-order valence-electron chi connectivity index (χ3n) is 3.20. The van der Waals surface area contributed by atoms with Gasteiger partial charge in [0.2, 0.25) is 0 Å². The van der Waals surface area contributed by atoms with Crippen LogP contribution in [0.4, 0.5) is 0 Å². The molecule has 0 amide bonds. The van der Waals surface area contributed by atoms with Gasteiger partial charge in [0, 0.05) is 6.54 Å². The zero-order chi connectivity index (χ0) is 9.52. The van der Waals surface area contributed by atoms with Crippen molar-refractivity contribution in [1.29, 1.82) is 0 Å². The summed E-state index contributed by atoms with van der Waals surface area (Å²) in [6, 6.07) is 0. The minimum Gasteiger partial charge on any atom is -0.306 e. The highest BCUT2D eigenvalue weighted by molar-refractivity contribution is 4.72. The summed E-state index contributed by atoms with van der Waals surface area (Å²) in [6.07, 6.45) is 10.1. The van der Waals surface area contributed by atoms with Crippen molar-refractivity contribution in [3.63, 3.8) is 0 Å². The number of hydrogen-bond acceptors (Lipinski definition) is 1. The van der Waals surface area contributed by atoms with E-state index in [0.29, 0.717) is 0 Å². The van der Waals surface area contributed by atoms with Gasteiger partial charge in [-0.2, -0.15) is 0 Å². The van der Waals surface area contributed by atoms with Crippen LogP contribution in [-0.2, 0) is 0 Å². The van der Waals surface area contributed by atoms with Crippen LogP contribution in [0.15, 0.2) is 0 Å². The average molecular weight is 183 g/mol. The summed E-state index contributed by atoms with van der Waals surface area (Å²) in [5.74, 6) is 1.02. The van der Waals surface area contributed by atoms with Crippen LogP contribution in [0.5, 0.6) is 0 Å². The molecule has 1 saturated heterocycles. The molecule has 0 aromatic heterocycles. The van der Waals surface area contributed by atoms with Gasteiger partial charge in [-0.3, -0.25) is 0 Å². The van der Waals surface area contributed by atoms with E-state index in [9.17, 15) is 0 Å². The lowest BCUT2D eigenvalue weighted by molar-refractivity contribution is 0.382. The lowest BCUT2D eigenvalue weighted by atomic mass is 10.00. The molecule has 1 nitrogen and oxygen atoms in total. The third-order valence-corrected chi connectivity index (χ3v) is 3.20. The van der Waals surface area contributed by atoms with Crippen LogP contribution in [-0.4, -0.2) is 25.0 Å². The summed E-state index contributed by atoms with van der Waals surface area (Å²) in [5.41, 5.74) is 0. The number of hydrogen-bond donors (Lipinski definition) is 0. The average Bonchev–Trinajstić information content (AvgIpc) is 2.51. The van der Waals surface area contributed by atoms with Crippen molar-refractivity contribution in [3.05, 3.63) is 0 Å². The summed E-state index contributed by atoms with van der Waals surface area (Å²) < 4.78 is 0. The fourth-order valence-corrected chi connectivity index (χ4v) is 2.30. The van der Waals surface area contributed by atoms with E-state index in [4.69, 9.17) is 0 Å². The van der Waals surface area contributed by atoms with Gasteiger partial charge < -0.3 is 4.90 Å². The maximum Gasteiger partial charge on any atom is 0.000708 e. The Bertz CT molecular complexity index is 122. The molecular weight excluding hydrogens is 158 g/mol. The second-order valence-electron chi connectivity index (χ2n) is 4.62. The van der Waals surface area contributed by atoms with E-state index in [1.54, 1.807) is 0 Å². The van der Waals surface area contributed by atoms with Gasteiger partial charge in [-0.25, -0.2) is 0 Å². The van der Waals surface area contributed by atoms with Gasteiger partial charge in [-0.1, -0.05) is 39.0 Å². The Morgan fingerprint density at radius 3 is 2.54 bits per heavy atom. The fraction of sp³-hybridized carbons (Fsp3) is 1.00. The van der Waals surface area contributed by atoms with Crippen LogP contribution in [0.3, 0.4) is 0 Å².